The molecule has 0 aliphatic carbocycles. The summed E-state index contributed by atoms with van der Waals surface area (Å²) in [5.41, 5.74) is 1.44. The van der Waals surface area contributed by atoms with Crippen molar-refractivity contribution in [3.63, 3.8) is 0 Å². The van der Waals surface area contributed by atoms with Gasteiger partial charge in [-0.1, -0.05) is 12.1 Å². The molecule has 2 aromatic rings. The highest BCUT2D eigenvalue weighted by Crippen LogP contribution is 2.22. The highest BCUT2D eigenvalue weighted by atomic mass is 19.1. The molecular weight excluding hydrogens is 411 g/mol. The molecule has 0 bridgehead atoms. The minimum Gasteiger partial charge on any atom is -0.497 e. The Bertz CT molecular complexity index is 887. The zero-order valence-electron chi connectivity index (χ0n) is 19.1. The molecule has 0 saturated carbocycles. The molecule has 2 aromatic carbocycles. The summed E-state index contributed by atoms with van der Waals surface area (Å²) in [6.07, 6.45) is -0.0868. The summed E-state index contributed by atoms with van der Waals surface area (Å²) in [5, 5.41) is 6.50. The van der Waals surface area contributed by atoms with Crippen molar-refractivity contribution in [3.05, 3.63) is 53.8 Å². The van der Waals surface area contributed by atoms with Gasteiger partial charge in [-0.3, -0.25) is 0 Å². The van der Waals surface area contributed by atoms with Crippen LogP contribution in [0, 0.1) is 5.82 Å². The second-order valence-electron chi connectivity index (χ2n) is 7.57. The Morgan fingerprint density at radius 1 is 1.16 bits per heavy atom. The van der Waals surface area contributed by atoms with Gasteiger partial charge in [0.25, 0.3) is 0 Å². The number of rotatable bonds is 9. The lowest BCUT2D eigenvalue weighted by molar-refractivity contribution is 0.122. The van der Waals surface area contributed by atoms with Gasteiger partial charge in [0, 0.05) is 25.7 Å². The fourth-order valence-corrected chi connectivity index (χ4v) is 3.41. The Morgan fingerprint density at radius 3 is 2.66 bits per heavy atom. The summed E-state index contributed by atoms with van der Waals surface area (Å²) in [6, 6.07) is 12.8. The van der Waals surface area contributed by atoms with Crippen LogP contribution in [-0.2, 0) is 11.3 Å². The van der Waals surface area contributed by atoms with E-state index in [1.807, 2.05) is 55.1 Å². The van der Waals surface area contributed by atoms with Gasteiger partial charge in [-0.15, -0.1) is 0 Å². The van der Waals surface area contributed by atoms with Gasteiger partial charge in [0.05, 0.1) is 39.1 Å². The second-order valence-corrected chi connectivity index (χ2v) is 7.57. The van der Waals surface area contributed by atoms with Crippen molar-refractivity contribution in [2.24, 2.45) is 4.99 Å². The monoisotopic (exact) mass is 444 g/mol. The first-order chi connectivity index (χ1) is 15.6. The lowest BCUT2D eigenvalue weighted by Crippen LogP contribution is -2.41. The molecule has 1 aliphatic rings. The number of morpholine rings is 1. The SMILES string of the molecule is CCNC(=NCc1ccc(N2CCOCC2)c(F)c1)NCC(C)Oc1cccc(OC)c1. The number of hydrogen-bond acceptors (Lipinski definition) is 5. The molecule has 1 atom stereocenters. The van der Waals surface area contributed by atoms with Crippen LogP contribution in [0.4, 0.5) is 10.1 Å². The number of anilines is 1. The summed E-state index contributed by atoms with van der Waals surface area (Å²) in [7, 11) is 1.63. The smallest absolute Gasteiger partial charge is 0.191 e. The first-order valence-corrected chi connectivity index (χ1v) is 11.0. The first kappa shape index (κ1) is 23.7. The molecule has 0 spiro atoms. The van der Waals surface area contributed by atoms with Crippen LogP contribution in [0.15, 0.2) is 47.5 Å². The summed E-state index contributed by atoms with van der Waals surface area (Å²) in [5.74, 6) is 1.94. The molecule has 8 heteroatoms. The van der Waals surface area contributed by atoms with Crippen molar-refractivity contribution in [2.45, 2.75) is 26.5 Å². The van der Waals surface area contributed by atoms with Crippen molar-refractivity contribution in [1.29, 1.82) is 0 Å². The van der Waals surface area contributed by atoms with E-state index >= 15 is 0 Å². The Labute approximate surface area is 189 Å². The maximum Gasteiger partial charge on any atom is 0.191 e. The summed E-state index contributed by atoms with van der Waals surface area (Å²) >= 11 is 0. The summed E-state index contributed by atoms with van der Waals surface area (Å²) < 4.78 is 31.2. The molecule has 7 nitrogen and oxygen atoms in total. The van der Waals surface area contributed by atoms with Gasteiger partial charge in [-0.2, -0.15) is 0 Å². The zero-order valence-corrected chi connectivity index (χ0v) is 19.1. The maximum absolute atomic E-state index is 14.6. The third-order valence-electron chi connectivity index (χ3n) is 5.06. The maximum atomic E-state index is 14.6. The lowest BCUT2D eigenvalue weighted by atomic mass is 10.1. The van der Waals surface area contributed by atoms with E-state index in [4.69, 9.17) is 14.2 Å². The van der Waals surface area contributed by atoms with Gasteiger partial charge in [-0.05, 0) is 43.7 Å². The third kappa shape index (κ3) is 7.02. The van der Waals surface area contributed by atoms with Crippen molar-refractivity contribution >= 4 is 11.6 Å². The van der Waals surface area contributed by atoms with Crippen molar-refractivity contribution < 1.29 is 18.6 Å². The number of hydrogen-bond donors (Lipinski definition) is 2. The van der Waals surface area contributed by atoms with Crippen LogP contribution in [0.2, 0.25) is 0 Å². The Morgan fingerprint density at radius 2 is 1.94 bits per heavy atom. The number of halogens is 1. The summed E-state index contributed by atoms with van der Waals surface area (Å²) in [6.45, 7) is 8.32. The van der Waals surface area contributed by atoms with Gasteiger partial charge in [0.1, 0.15) is 23.4 Å². The predicted octanol–water partition coefficient (Wildman–Crippen LogP) is 3.19. The average molecular weight is 445 g/mol. The minimum absolute atomic E-state index is 0.0868. The molecule has 1 heterocycles. The first-order valence-electron chi connectivity index (χ1n) is 11.0. The lowest BCUT2D eigenvalue weighted by Gasteiger charge is -2.29. The molecule has 3 rings (SSSR count). The molecule has 174 valence electrons. The third-order valence-corrected chi connectivity index (χ3v) is 5.06. The molecule has 1 aliphatic heterocycles. The fourth-order valence-electron chi connectivity index (χ4n) is 3.41. The highest BCUT2D eigenvalue weighted by Gasteiger charge is 2.15. The predicted molar refractivity (Wildman–Crippen MR) is 125 cm³/mol. The van der Waals surface area contributed by atoms with Gasteiger partial charge < -0.3 is 29.7 Å². The average Bonchev–Trinajstić information content (AvgIpc) is 2.81. The number of aliphatic imine (C=N–C) groups is 1. The fraction of sp³-hybridized carbons (Fsp3) is 0.458. The zero-order chi connectivity index (χ0) is 22.8. The van der Waals surface area contributed by atoms with Gasteiger partial charge in [0.15, 0.2) is 5.96 Å². The molecule has 1 fully saturated rings. The standard InChI is InChI=1S/C24H33FN4O3/c1-4-26-24(27-16-18(2)32-21-7-5-6-20(15-21)30-3)28-17-19-8-9-23(22(25)14-19)29-10-12-31-13-11-29/h5-9,14-15,18H,4,10-13,16-17H2,1-3H3,(H2,26,27,28). The molecule has 0 amide bonds. The number of nitrogens with zero attached hydrogens (tertiary/aromatic N) is 2. The number of guanidine groups is 1. The van der Waals surface area contributed by atoms with Crippen LogP contribution < -0.4 is 25.0 Å². The van der Waals surface area contributed by atoms with E-state index in [9.17, 15) is 4.39 Å². The number of benzene rings is 2. The molecule has 32 heavy (non-hydrogen) atoms. The number of ether oxygens (including phenoxy) is 3. The summed E-state index contributed by atoms with van der Waals surface area (Å²) in [4.78, 5) is 6.61. The van der Waals surface area contributed by atoms with Crippen LogP contribution in [-0.4, -0.2) is 58.6 Å². The molecule has 1 saturated heterocycles. The Kier molecular flexibility index (Phi) is 8.98. The van der Waals surface area contributed by atoms with Crippen LogP contribution in [0.3, 0.4) is 0 Å². The van der Waals surface area contributed by atoms with Crippen LogP contribution in [0.1, 0.15) is 19.4 Å². The highest BCUT2D eigenvalue weighted by molar-refractivity contribution is 5.79. The second kappa shape index (κ2) is 12.1. The van der Waals surface area contributed by atoms with Gasteiger partial charge in [0.2, 0.25) is 0 Å². The van der Waals surface area contributed by atoms with Crippen LogP contribution in [0.25, 0.3) is 0 Å². The van der Waals surface area contributed by atoms with Crippen LogP contribution in [0.5, 0.6) is 11.5 Å². The van der Waals surface area contributed by atoms with Crippen LogP contribution >= 0.6 is 0 Å². The van der Waals surface area contributed by atoms with Gasteiger partial charge in [-0.25, -0.2) is 9.38 Å². The van der Waals surface area contributed by atoms with Gasteiger partial charge >= 0.3 is 0 Å². The minimum atomic E-state index is -0.224. The van der Waals surface area contributed by atoms with Crippen molar-refractivity contribution in [3.8, 4) is 11.5 Å². The number of nitrogens with one attached hydrogen (secondary N) is 2. The van der Waals surface area contributed by atoms with E-state index in [-0.39, 0.29) is 11.9 Å². The molecule has 0 aromatic heterocycles. The Balaban J connectivity index is 1.55. The van der Waals surface area contributed by atoms with E-state index in [0.29, 0.717) is 51.0 Å². The molecular formula is C24H33FN4O3. The van der Waals surface area contributed by atoms with Crippen molar-refractivity contribution in [2.75, 3.05) is 51.4 Å². The molecule has 2 N–H and O–H groups in total. The van der Waals surface area contributed by atoms with E-state index in [1.165, 1.54) is 0 Å². The van der Waals surface area contributed by atoms with E-state index < -0.39 is 0 Å². The van der Waals surface area contributed by atoms with E-state index in [1.54, 1.807) is 13.2 Å². The molecule has 0 radical (unpaired) electrons. The molecule has 1 unspecified atom stereocenters. The normalized spacial score (nSPS) is 15.2. The van der Waals surface area contributed by atoms with Crippen molar-refractivity contribution in [1.82, 2.24) is 10.6 Å². The topological polar surface area (TPSA) is 67.4 Å². The Hall–Kier alpha value is -3.00. The van der Waals surface area contributed by atoms with E-state index in [0.717, 1.165) is 23.6 Å². The number of methoxy groups -OCH3 is 1. The van der Waals surface area contributed by atoms with E-state index in [2.05, 4.69) is 15.6 Å². The largest absolute Gasteiger partial charge is 0.497 e. The quantitative estimate of drug-likeness (QED) is 0.457.